The highest BCUT2D eigenvalue weighted by atomic mass is 32.2. The molecule has 1 N–H and O–H groups in total. The number of sulfone groups is 1. The third-order valence-electron chi connectivity index (χ3n) is 4.53. The summed E-state index contributed by atoms with van der Waals surface area (Å²) < 4.78 is 29.4. The van der Waals surface area contributed by atoms with E-state index in [-0.39, 0.29) is 11.5 Å². The Morgan fingerprint density at radius 2 is 1.90 bits per heavy atom. The van der Waals surface area contributed by atoms with E-state index in [0.29, 0.717) is 18.1 Å². The topological polar surface area (TPSA) is 76.5 Å². The third-order valence-corrected chi connectivity index (χ3v) is 6.71. The zero-order valence-electron chi connectivity index (χ0n) is 16.8. The molecule has 7 heteroatoms. The van der Waals surface area contributed by atoms with Crippen LogP contribution in [0.3, 0.4) is 0 Å². The van der Waals surface area contributed by atoms with Gasteiger partial charge >= 0.3 is 0 Å². The van der Waals surface area contributed by atoms with E-state index in [1.165, 1.54) is 6.26 Å². The molecule has 2 heterocycles. The van der Waals surface area contributed by atoms with Crippen LogP contribution in [0.2, 0.25) is 0 Å². The number of ether oxygens (including phenoxy) is 1. The molecule has 5 nitrogen and oxygen atoms in total. The van der Waals surface area contributed by atoms with Crippen LogP contribution in [0.5, 0.6) is 5.88 Å². The summed E-state index contributed by atoms with van der Waals surface area (Å²) >= 11 is 1.59. The Balaban J connectivity index is 2.13. The van der Waals surface area contributed by atoms with Gasteiger partial charge in [-0.05, 0) is 54.1 Å². The molecule has 0 amide bonds. The van der Waals surface area contributed by atoms with E-state index < -0.39 is 9.84 Å². The average molecular weight is 432 g/mol. The van der Waals surface area contributed by atoms with Crippen molar-refractivity contribution in [3.8, 4) is 27.6 Å². The summed E-state index contributed by atoms with van der Waals surface area (Å²) in [6, 6.07) is 10.7. The Morgan fingerprint density at radius 3 is 2.45 bits per heavy atom. The lowest BCUT2D eigenvalue weighted by atomic mass is 10.0. The molecule has 29 heavy (non-hydrogen) atoms. The van der Waals surface area contributed by atoms with Crippen molar-refractivity contribution in [2.45, 2.75) is 38.2 Å². The van der Waals surface area contributed by atoms with E-state index >= 15 is 0 Å². The van der Waals surface area contributed by atoms with Crippen LogP contribution in [0.4, 0.5) is 0 Å². The van der Waals surface area contributed by atoms with Gasteiger partial charge in [0.1, 0.15) is 0 Å². The zero-order valence-corrected chi connectivity index (χ0v) is 18.4. The standard InChI is InChI=1S/C22H25NO4S2/c1-4-5-10-27-22-17(13-24)12-19(21(23-22)20-11-15(2)14-28-20)16-6-8-18(9-7-16)29(3,25)26/h6-9,11-12,14,24H,4-5,10,13H2,1-3H3. The van der Waals surface area contributed by atoms with Gasteiger partial charge in [0.15, 0.2) is 9.84 Å². The van der Waals surface area contributed by atoms with Crippen LogP contribution in [0.1, 0.15) is 30.9 Å². The van der Waals surface area contributed by atoms with Crippen molar-refractivity contribution in [1.82, 2.24) is 4.98 Å². The number of pyridine rings is 1. The molecule has 2 aromatic heterocycles. The number of hydrogen-bond donors (Lipinski definition) is 1. The van der Waals surface area contributed by atoms with Gasteiger partial charge in [-0.1, -0.05) is 25.5 Å². The Bertz CT molecular complexity index is 1090. The largest absolute Gasteiger partial charge is 0.477 e. The Labute approximate surface area is 175 Å². The molecule has 0 atom stereocenters. The number of aromatic nitrogens is 1. The molecule has 0 aliphatic carbocycles. The minimum absolute atomic E-state index is 0.188. The Hall–Kier alpha value is -2.22. The van der Waals surface area contributed by atoms with Gasteiger partial charge < -0.3 is 9.84 Å². The number of thiophene rings is 1. The molecule has 3 aromatic rings. The second kappa shape index (κ2) is 9.07. The minimum Gasteiger partial charge on any atom is -0.477 e. The smallest absolute Gasteiger partial charge is 0.219 e. The van der Waals surface area contributed by atoms with Crippen molar-refractivity contribution in [2.24, 2.45) is 0 Å². The maximum absolute atomic E-state index is 11.8. The lowest BCUT2D eigenvalue weighted by molar-refractivity contribution is 0.255. The maximum Gasteiger partial charge on any atom is 0.219 e. The highest BCUT2D eigenvalue weighted by Gasteiger charge is 2.17. The predicted octanol–water partition coefficient (Wildman–Crippen LogP) is 4.86. The fourth-order valence-electron chi connectivity index (χ4n) is 2.93. The first-order valence-corrected chi connectivity index (χ1v) is 12.2. The van der Waals surface area contributed by atoms with Crippen LogP contribution in [0, 0.1) is 6.92 Å². The fraction of sp³-hybridized carbons (Fsp3) is 0.318. The molecule has 0 radical (unpaired) electrons. The molecule has 0 saturated carbocycles. The molecular weight excluding hydrogens is 406 g/mol. The first-order valence-electron chi connectivity index (χ1n) is 9.47. The molecular formula is C22H25NO4S2. The molecule has 0 fully saturated rings. The van der Waals surface area contributed by atoms with Gasteiger partial charge in [0.2, 0.25) is 5.88 Å². The quantitative estimate of drug-likeness (QED) is 0.516. The Kier molecular flexibility index (Phi) is 6.72. The minimum atomic E-state index is -3.27. The number of hydrogen-bond acceptors (Lipinski definition) is 6. The van der Waals surface area contributed by atoms with Gasteiger partial charge in [-0.3, -0.25) is 0 Å². The SMILES string of the molecule is CCCCOc1nc(-c2cc(C)cs2)c(-c2ccc(S(C)(=O)=O)cc2)cc1CO. The van der Waals surface area contributed by atoms with Gasteiger partial charge in [-0.25, -0.2) is 13.4 Å². The van der Waals surface area contributed by atoms with Crippen molar-refractivity contribution in [3.05, 3.63) is 52.9 Å². The molecule has 0 saturated heterocycles. The van der Waals surface area contributed by atoms with Crippen molar-refractivity contribution < 1.29 is 18.3 Å². The van der Waals surface area contributed by atoms with Crippen LogP contribution in [-0.4, -0.2) is 31.4 Å². The zero-order chi connectivity index (χ0) is 21.0. The number of aryl methyl sites for hydroxylation is 1. The Morgan fingerprint density at radius 1 is 1.17 bits per heavy atom. The molecule has 1 aromatic carbocycles. The van der Waals surface area contributed by atoms with Gasteiger partial charge in [0.25, 0.3) is 0 Å². The lowest BCUT2D eigenvalue weighted by Crippen LogP contribution is -2.04. The van der Waals surface area contributed by atoms with E-state index in [9.17, 15) is 13.5 Å². The van der Waals surface area contributed by atoms with Crippen LogP contribution in [0.15, 0.2) is 46.7 Å². The molecule has 3 rings (SSSR count). The summed E-state index contributed by atoms with van der Waals surface area (Å²) in [5.41, 5.74) is 4.18. The first kappa shape index (κ1) is 21.5. The second-order valence-electron chi connectivity index (χ2n) is 6.99. The highest BCUT2D eigenvalue weighted by Crippen LogP contribution is 2.37. The monoisotopic (exact) mass is 431 g/mol. The first-order chi connectivity index (χ1) is 13.8. The van der Waals surface area contributed by atoms with E-state index in [1.54, 1.807) is 35.6 Å². The van der Waals surface area contributed by atoms with E-state index in [2.05, 4.69) is 18.4 Å². The normalized spacial score (nSPS) is 11.6. The van der Waals surface area contributed by atoms with Gasteiger partial charge in [-0.15, -0.1) is 11.3 Å². The van der Waals surface area contributed by atoms with E-state index in [1.807, 2.05) is 13.0 Å². The second-order valence-corrected chi connectivity index (χ2v) is 9.92. The summed E-state index contributed by atoms with van der Waals surface area (Å²) in [6.07, 6.45) is 3.11. The van der Waals surface area contributed by atoms with Crippen molar-refractivity contribution in [2.75, 3.05) is 12.9 Å². The van der Waals surface area contributed by atoms with Gasteiger partial charge in [0.05, 0.1) is 28.7 Å². The van der Waals surface area contributed by atoms with Crippen LogP contribution in [0.25, 0.3) is 21.7 Å². The predicted molar refractivity (Wildman–Crippen MR) is 117 cm³/mol. The lowest BCUT2D eigenvalue weighted by Gasteiger charge is -2.15. The number of unbranched alkanes of at least 4 members (excludes halogenated alkanes) is 1. The summed E-state index contributed by atoms with van der Waals surface area (Å²) in [4.78, 5) is 6.02. The molecule has 0 unspecified atom stereocenters. The van der Waals surface area contributed by atoms with Gasteiger partial charge in [-0.2, -0.15) is 0 Å². The summed E-state index contributed by atoms with van der Waals surface area (Å²) in [6.45, 7) is 4.47. The number of benzene rings is 1. The van der Waals surface area contributed by atoms with Crippen molar-refractivity contribution >= 4 is 21.2 Å². The summed E-state index contributed by atoms with van der Waals surface area (Å²) in [5.74, 6) is 0.443. The summed E-state index contributed by atoms with van der Waals surface area (Å²) in [5, 5.41) is 11.9. The number of aliphatic hydroxyl groups excluding tert-OH is 1. The molecule has 0 aliphatic rings. The van der Waals surface area contributed by atoms with Crippen molar-refractivity contribution in [1.29, 1.82) is 0 Å². The van der Waals surface area contributed by atoms with Crippen LogP contribution in [-0.2, 0) is 16.4 Å². The van der Waals surface area contributed by atoms with Crippen LogP contribution >= 0.6 is 11.3 Å². The van der Waals surface area contributed by atoms with Crippen molar-refractivity contribution in [3.63, 3.8) is 0 Å². The molecule has 0 spiro atoms. The highest BCUT2D eigenvalue weighted by molar-refractivity contribution is 7.90. The number of nitrogens with zero attached hydrogens (tertiary/aromatic N) is 1. The van der Waals surface area contributed by atoms with E-state index in [4.69, 9.17) is 9.72 Å². The average Bonchev–Trinajstić information content (AvgIpc) is 3.13. The molecule has 0 aliphatic heterocycles. The number of rotatable bonds is 8. The fourth-order valence-corrected chi connectivity index (χ4v) is 4.47. The molecule has 154 valence electrons. The third kappa shape index (κ3) is 5.04. The number of aliphatic hydroxyl groups is 1. The van der Waals surface area contributed by atoms with Gasteiger partial charge in [0, 0.05) is 17.4 Å². The molecule has 0 bridgehead atoms. The van der Waals surface area contributed by atoms with E-state index in [0.717, 1.165) is 40.1 Å². The maximum atomic E-state index is 11.8. The van der Waals surface area contributed by atoms with Crippen LogP contribution < -0.4 is 4.74 Å². The summed E-state index contributed by atoms with van der Waals surface area (Å²) in [7, 11) is -3.27.